The predicted molar refractivity (Wildman–Crippen MR) is 77.4 cm³/mol. The minimum atomic E-state index is 0.637. The van der Waals surface area contributed by atoms with Crippen LogP contribution >= 0.6 is 27.5 Å². The monoisotopic (exact) mass is 315 g/mol. The second kappa shape index (κ2) is 6.21. The zero-order valence-electron chi connectivity index (χ0n) is 10.2. The van der Waals surface area contributed by atoms with Crippen molar-refractivity contribution >= 4 is 27.5 Å². The lowest BCUT2D eigenvalue weighted by molar-refractivity contribution is 0.445. The van der Waals surface area contributed by atoms with Crippen molar-refractivity contribution < 1.29 is 0 Å². The molecule has 1 aliphatic rings. The highest BCUT2D eigenvalue weighted by molar-refractivity contribution is 9.10. The third-order valence-corrected chi connectivity index (χ3v) is 4.26. The van der Waals surface area contributed by atoms with E-state index in [2.05, 4.69) is 34.2 Å². The van der Waals surface area contributed by atoms with Crippen molar-refractivity contribution in [3.05, 3.63) is 33.3 Å². The first-order valence-corrected chi connectivity index (χ1v) is 7.53. The highest BCUT2D eigenvalue weighted by atomic mass is 79.9. The van der Waals surface area contributed by atoms with Crippen molar-refractivity contribution in [2.45, 2.75) is 45.2 Å². The molecule has 2 rings (SSSR count). The summed E-state index contributed by atoms with van der Waals surface area (Å²) < 4.78 is 1.09. The smallest absolute Gasteiger partial charge is 0.0451 e. The third kappa shape index (κ3) is 4.27. The Hall–Kier alpha value is -0.0500. The summed E-state index contributed by atoms with van der Waals surface area (Å²) in [7, 11) is 0. The van der Waals surface area contributed by atoms with Crippen LogP contribution in [0.2, 0.25) is 5.02 Å². The molecule has 0 amide bonds. The number of benzene rings is 1. The molecule has 3 heteroatoms. The van der Waals surface area contributed by atoms with Gasteiger partial charge in [-0.05, 0) is 42.5 Å². The lowest BCUT2D eigenvalue weighted by atomic mass is 10.1. The molecular weight excluding hydrogens is 298 g/mol. The van der Waals surface area contributed by atoms with Crippen LogP contribution in [0.15, 0.2) is 22.7 Å². The molecule has 0 radical (unpaired) electrons. The minimum absolute atomic E-state index is 0.637. The summed E-state index contributed by atoms with van der Waals surface area (Å²) in [5.41, 5.74) is 1.18. The zero-order valence-corrected chi connectivity index (χ0v) is 12.5. The van der Waals surface area contributed by atoms with Crippen molar-refractivity contribution in [2.24, 2.45) is 5.92 Å². The van der Waals surface area contributed by atoms with E-state index in [-0.39, 0.29) is 0 Å². The summed E-state index contributed by atoms with van der Waals surface area (Å²) in [6.07, 6.45) is 5.37. The van der Waals surface area contributed by atoms with E-state index in [1.807, 2.05) is 12.1 Å². The molecule has 0 aromatic heterocycles. The van der Waals surface area contributed by atoms with E-state index in [1.54, 1.807) is 0 Å². The Balaban J connectivity index is 1.88. The van der Waals surface area contributed by atoms with E-state index in [0.717, 1.165) is 22.0 Å². The van der Waals surface area contributed by atoms with E-state index in [1.165, 1.54) is 31.2 Å². The summed E-state index contributed by atoms with van der Waals surface area (Å²) in [6, 6.07) is 6.66. The summed E-state index contributed by atoms with van der Waals surface area (Å²) in [5.74, 6) is 0.977. The van der Waals surface area contributed by atoms with Gasteiger partial charge in [0.2, 0.25) is 0 Å². The molecule has 0 heterocycles. The predicted octanol–water partition coefficient (Wildman–Crippen LogP) is 4.77. The number of hydrogen-bond donors (Lipinski definition) is 1. The van der Waals surface area contributed by atoms with Gasteiger partial charge in [-0.1, -0.05) is 47.3 Å². The van der Waals surface area contributed by atoms with Gasteiger partial charge in [0.15, 0.2) is 0 Å². The fourth-order valence-corrected chi connectivity index (χ4v) is 2.68. The molecule has 1 saturated carbocycles. The van der Waals surface area contributed by atoms with E-state index < -0.39 is 0 Å². The van der Waals surface area contributed by atoms with Crippen LogP contribution in [0.1, 0.15) is 38.2 Å². The molecule has 17 heavy (non-hydrogen) atoms. The van der Waals surface area contributed by atoms with Crippen molar-refractivity contribution in [3.8, 4) is 0 Å². The lowest BCUT2D eigenvalue weighted by Gasteiger charge is -2.17. The highest BCUT2D eigenvalue weighted by Gasteiger charge is 2.24. The van der Waals surface area contributed by atoms with Gasteiger partial charge in [-0.3, -0.25) is 0 Å². The number of hydrogen-bond acceptors (Lipinski definition) is 1. The van der Waals surface area contributed by atoms with Gasteiger partial charge < -0.3 is 5.32 Å². The maximum atomic E-state index is 6.18. The van der Waals surface area contributed by atoms with Crippen molar-refractivity contribution in [1.29, 1.82) is 0 Å². The van der Waals surface area contributed by atoms with E-state index in [0.29, 0.717) is 6.04 Å². The standard InChI is InChI=1S/C14H19BrClN/c1-2-13(7-10-3-4-10)17-9-11-8-12(15)5-6-14(11)16/h5-6,8,10,13,17H,2-4,7,9H2,1H3. The Kier molecular flexibility index (Phi) is 4.89. The normalized spacial score (nSPS) is 17.1. The van der Waals surface area contributed by atoms with Crippen LogP contribution in [0, 0.1) is 5.92 Å². The van der Waals surface area contributed by atoms with Crippen LogP contribution in [-0.2, 0) is 6.54 Å². The van der Waals surface area contributed by atoms with E-state index >= 15 is 0 Å². The van der Waals surface area contributed by atoms with Gasteiger partial charge in [0.05, 0.1) is 0 Å². The highest BCUT2D eigenvalue weighted by Crippen LogP contribution is 2.34. The van der Waals surface area contributed by atoms with Crippen molar-refractivity contribution in [1.82, 2.24) is 5.32 Å². The molecule has 0 aliphatic heterocycles. The molecule has 1 aliphatic carbocycles. The topological polar surface area (TPSA) is 12.0 Å². The van der Waals surface area contributed by atoms with Crippen LogP contribution < -0.4 is 5.32 Å². The van der Waals surface area contributed by atoms with Crippen molar-refractivity contribution in [2.75, 3.05) is 0 Å². The molecule has 1 aromatic carbocycles. The first kappa shape index (κ1) is 13.4. The van der Waals surface area contributed by atoms with E-state index in [9.17, 15) is 0 Å². The van der Waals surface area contributed by atoms with Gasteiger partial charge in [0.1, 0.15) is 0 Å². The Morgan fingerprint density at radius 2 is 2.24 bits per heavy atom. The number of nitrogens with one attached hydrogen (secondary N) is 1. The molecular formula is C14H19BrClN. The summed E-state index contributed by atoms with van der Waals surface area (Å²) in [6.45, 7) is 3.12. The van der Waals surface area contributed by atoms with Crippen LogP contribution in [0.5, 0.6) is 0 Å². The van der Waals surface area contributed by atoms with E-state index in [4.69, 9.17) is 11.6 Å². The molecule has 0 spiro atoms. The van der Waals surface area contributed by atoms with Gasteiger partial charge in [0.25, 0.3) is 0 Å². The second-order valence-corrected chi connectivity index (χ2v) is 6.22. The fourth-order valence-electron chi connectivity index (χ4n) is 2.08. The summed E-state index contributed by atoms with van der Waals surface area (Å²) >= 11 is 9.66. The second-order valence-electron chi connectivity index (χ2n) is 4.90. The molecule has 1 N–H and O–H groups in total. The van der Waals surface area contributed by atoms with Gasteiger partial charge in [0, 0.05) is 22.1 Å². The molecule has 94 valence electrons. The lowest BCUT2D eigenvalue weighted by Crippen LogP contribution is -2.28. The maximum Gasteiger partial charge on any atom is 0.0451 e. The summed E-state index contributed by atoms with van der Waals surface area (Å²) in [4.78, 5) is 0. The van der Waals surface area contributed by atoms with Gasteiger partial charge >= 0.3 is 0 Å². The Labute approximate surface area is 117 Å². The average Bonchev–Trinajstić information content (AvgIpc) is 3.12. The molecule has 0 bridgehead atoms. The number of halogens is 2. The van der Waals surface area contributed by atoms with Gasteiger partial charge in [-0.15, -0.1) is 0 Å². The van der Waals surface area contributed by atoms with Crippen molar-refractivity contribution in [3.63, 3.8) is 0 Å². The average molecular weight is 317 g/mol. The minimum Gasteiger partial charge on any atom is -0.310 e. The molecule has 1 unspecified atom stereocenters. The Bertz CT molecular complexity index is 376. The molecule has 1 nitrogen and oxygen atoms in total. The number of rotatable bonds is 6. The first-order valence-electron chi connectivity index (χ1n) is 6.36. The summed E-state index contributed by atoms with van der Waals surface area (Å²) in [5, 5.41) is 4.47. The van der Waals surface area contributed by atoms with Gasteiger partial charge in [-0.25, -0.2) is 0 Å². The largest absolute Gasteiger partial charge is 0.310 e. The zero-order chi connectivity index (χ0) is 12.3. The van der Waals surface area contributed by atoms with Crippen LogP contribution in [-0.4, -0.2) is 6.04 Å². The van der Waals surface area contributed by atoms with Crippen LogP contribution in [0.4, 0.5) is 0 Å². The molecule has 0 saturated heterocycles. The van der Waals surface area contributed by atoms with Gasteiger partial charge in [-0.2, -0.15) is 0 Å². The quantitative estimate of drug-likeness (QED) is 0.797. The molecule has 1 aromatic rings. The first-order chi connectivity index (χ1) is 8.19. The molecule has 1 atom stereocenters. The Morgan fingerprint density at radius 1 is 1.47 bits per heavy atom. The maximum absolute atomic E-state index is 6.18. The SMILES string of the molecule is CCC(CC1CC1)NCc1cc(Br)ccc1Cl. The third-order valence-electron chi connectivity index (χ3n) is 3.40. The molecule has 1 fully saturated rings. The van der Waals surface area contributed by atoms with Crippen LogP contribution in [0.3, 0.4) is 0 Å². The van der Waals surface area contributed by atoms with Crippen LogP contribution in [0.25, 0.3) is 0 Å². The Morgan fingerprint density at radius 3 is 2.88 bits per heavy atom. The fraction of sp³-hybridized carbons (Fsp3) is 0.571.